The maximum Gasteiger partial charge on any atom is 0.223 e. The Bertz CT molecular complexity index is 280. The van der Waals surface area contributed by atoms with Gasteiger partial charge in [0.25, 0.3) is 0 Å². The normalized spacial score (nSPS) is 14.6. The van der Waals surface area contributed by atoms with Crippen molar-refractivity contribution >= 4 is 11.7 Å². The van der Waals surface area contributed by atoms with Crippen molar-refractivity contribution in [2.24, 2.45) is 22.5 Å². The van der Waals surface area contributed by atoms with Crippen molar-refractivity contribution in [3.63, 3.8) is 0 Å². The quantitative estimate of drug-likeness (QED) is 0.758. The lowest BCUT2D eigenvalue weighted by Crippen LogP contribution is -2.40. The molecular weight excluding hydrogens is 202 g/mol. The first-order chi connectivity index (χ1) is 7.04. The van der Waals surface area contributed by atoms with Crippen LogP contribution in [0.25, 0.3) is 0 Å². The Kier molecular flexibility index (Phi) is 4.71. The molecule has 0 aromatic heterocycles. The molecule has 1 amide bonds. The van der Waals surface area contributed by atoms with Crippen molar-refractivity contribution in [3.8, 4) is 0 Å². The van der Waals surface area contributed by atoms with Crippen LogP contribution >= 0.6 is 0 Å². The lowest BCUT2D eigenvalue weighted by Gasteiger charge is -2.33. The Labute approximate surface area is 98.8 Å². The fourth-order valence-electron chi connectivity index (χ4n) is 2.13. The summed E-state index contributed by atoms with van der Waals surface area (Å²) in [6.45, 7) is 11.3. The van der Waals surface area contributed by atoms with Gasteiger partial charge in [0.1, 0.15) is 5.78 Å². The van der Waals surface area contributed by atoms with Crippen LogP contribution in [0.2, 0.25) is 0 Å². The molecule has 1 atom stereocenters. The molecule has 0 aliphatic carbocycles. The first kappa shape index (κ1) is 15.1. The Morgan fingerprint density at radius 3 is 1.88 bits per heavy atom. The van der Waals surface area contributed by atoms with Gasteiger partial charge in [-0.15, -0.1) is 0 Å². The van der Waals surface area contributed by atoms with Crippen LogP contribution in [-0.2, 0) is 9.59 Å². The summed E-state index contributed by atoms with van der Waals surface area (Å²) in [5.74, 6) is -0.0967. The number of hydrogen-bond acceptors (Lipinski definition) is 2. The Hall–Kier alpha value is -0.860. The van der Waals surface area contributed by atoms with Crippen LogP contribution in [0.3, 0.4) is 0 Å². The van der Waals surface area contributed by atoms with Crippen LogP contribution < -0.4 is 5.73 Å². The average molecular weight is 227 g/mol. The molecule has 0 aromatic rings. The summed E-state index contributed by atoms with van der Waals surface area (Å²) in [5.41, 5.74) is 4.21. The maximum atomic E-state index is 12.1. The van der Waals surface area contributed by atoms with Crippen molar-refractivity contribution in [2.45, 2.75) is 54.4 Å². The second-order valence-corrected chi connectivity index (χ2v) is 5.98. The minimum atomic E-state index is -0.632. The van der Waals surface area contributed by atoms with E-state index in [1.807, 2.05) is 27.7 Å². The van der Waals surface area contributed by atoms with E-state index in [1.54, 1.807) is 13.8 Å². The highest BCUT2D eigenvalue weighted by Crippen LogP contribution is 2.36. The lowest BCUT2D eigenvalue weighted by atomic mass is 9.70. The molecular formula is C13H25NO2. The number of carbonyl (C=O) groups excluding carboxylic acids is 2. The summed E-state index contributed by atoms with van der Waals surface area (Å²) in [6.07, 6.45) is 1.33. The average Bonchev–Trinajstić information content (AvgIpc) is 2.13. The molecule has 1 unspecified atom stereocenters. The molecule has 0 saturated heterocycles. The smallest absolute Gasteiger partial charge is 0.223 e. The third kappa shape index (κ3) is 3.62. The van der Waals surface area contributed by atoms with Crippen molar-refractivity contribution < 1.29 is 9.59 Å². The largest absolute Gasteiger partial charge is 0.369 e. The highest BCUT2D eigenvalue weighted by Gasteiger charge is 2.38. The number of amides is 1. The highest BCUT2D eigenvalue weighted by atomic mass is 16.1. The topological polar surface area (TPSA) is 60.2 Å². The minimum absolute atomic E-state index is 0.0404. The highest BCUT2D eigenvalue weighted by molar-refractivity contribution is 5.87. The molecule has 0 bridgehead atoms. The molecule has 2 N–H and O–H groups in total. The van der Waals surface area contributed by atoms with Crippen LogP contribution in [0.5, 0.6) is 0 Å². The standard InChI is InChI=1S/C13H25NO2/c1-7-9(2)10(15)12(3,4)8-13(5,6)11(14)16/h9H,7-8H2,1-6H3,(H2,14,16). The van der Waals surface area contributed by atoms with Crippen LogP contribution in [0.1, 0.15) is 54.4 Å². The summed E-state index contributed by atoms with van der Waals surface area (Å²) >= 11 is 0. The van der Waals surface area contributed by atoms with Crippen molar-refractivity contribution in [3.05, 3.63) is 0 Å². The van der Waals surface area contributed by atoms with Gasteiger partial charge in [0.15, 0.2) is 0 Å². The van der Waals surface area contributed by atoms with E-state index in [4.69, 9.17) is 5.73 Å². The molecule has 0 heterocycles. The molecule has 0 aliphatic heterocycles. The predicted octanol–water partition coefficient (Wildman–Crippen LogP) is 2.53. The third-order valence-corrected chi connectivity index (χ3v) is 3.28. The van der Waals surface area contributed by atoms with Crippen LogP contribution in [0.15, 0.2) is 0 Å². The van der Waals surface area contributed by atoms with Gasteiger partial charge in [0, 0.05) is 16.7 Å². The molecule has 0 rings (SSSR count). The molecule has 16 heavy (non-hydrogen) atoms. The van der Waals surface area contributed by atoms with Crippen LogP contribution in [0, 0.1) is 16.7 Å². The molecule has 94 valence electrons. The van der Waals surface area contributed by atoms with Crippen LogP contribution in [0.4, 0.5) is 0 Å². The first-order valence-corrected chi connectivity index (χ1v) is 5.89. The van der Waals surface area contributed by atoms with E-state index in [-0.39, 0.29) is 17.6 Å². The van der Waals surface area contributed by atoms with Crippen LogP contribution in [-0.4, -0.2) is 11.7 Å². The fraction of sp³-hybridized carbons (Fsp3) is 0.846. The van der Waals surface area contributed by atoms with Crippen molar-refractivity contribution in [1.29, 1.82) is 0 Å². The summed E-state index contributed by atoms with van der Waals surface area (Å²) in [6, 6.07) is 0. The fourth-order valence-corrected chi connectivity index (χ4v) is 2.13. The number of ketones is 1. The molecule has 3 heteroatoms. The van der Waals surface area contributed by atoms with E-state index in [0.29, 0.717) is 6.42 Å². The molecule has 0 radical (unpaired) electrons. The molecule has 3 nitrogen and oxygen atoms in total. The molecule has 0 spiro atoms. The van der Waals surface area contributed by atoms with E-state index < -0.39 is 10.8 Å². The van der Waals surface area contributed by atoms with Crippen molar-refractivity contribution in [2.75, 3.05) is 0 Å². The molecule has 0 aromatic carbocycles. The lowest BCUT2D eigenvalue weighted by molar-refractivity contribution is -0.135. The number of Topliss-reactive ketones (excluding diaryl/α,β-unsaturated/α-hetero) is 1. The van der Waals surface area contributed by atoms with Gasteiger partial charge in [-0.1, -0.05) is 41.5 Å². The van der Waals surface area contributed by atoms with Gasteiger partial charge < -0.3 is 5.73 Å². The molecule has 0 aliphatic rings. The van der Waals surface area contributed by atoms with Gasteiger partial charge in [-0.25, -0.2) is 0 Å². The SMILES string of the molecule is CCC(C)C(=O)C(C)(C)CC(C)(C)C(N)=O. The monoisotopic (exact) mass is 227 g/mol. The zero-order valence-corrected chi connectivity index (χ0v) is 11.4. The second-order valence-electron chi connectivity index (χ2n) is 5.98. The van der Waals surface area contributed by atoms with Gasteiger partial charge in [-0.3, -0.25) is 9.59 Å². The number of rotatable bonds is 6. The Morgan fingerprint density at radius 2 is 1.56 bits per heavy atom. The Balaban J connectivity index is 4.82. The predicted molar refractivity (Wildman–Crippen MR) is 65.8 cm³/mol. The van der Waals surface area contributed by atoms with E-state index in [1.165, 1.54) is 0 Å². The first-order valence-electron chi connectivity index (χ1n) is 5.89. The van der Waals surface area contributed by atoms with Gasteiger partial charge >= 0.3 is 0 Å². The van der Waals surface area contributed by atoms with Crippen molar-refractivity contribution in [1.82, 2.24) is 0 Å². The number of primary amides is 1. The minimum Gasteiger partial charge on any atom is -0.369 e. The third-order valence-electron chi connectivity index (χ3n) is 3.28. The van der Waals surface area contributed by atoms with Gasteiger partial charge in [0.05, 0.1) is 0 Å². The second kappa shape index (κ2) is 4.98. The Morgan fingerprint density at radius 1 is 1.12 bits per heavy atom. The zero-order chi connectivity index (χ0) is 13.1. The summed E-state index contributed by atoms with van der Waals surface area (Å²) in [7, 11) is 0. The van der Waals surface area contributed by atoms with Gasteiger partial charge in [-0.2, -0.15) is 0 Å². The maximum absolute atomic E-state index is 12.1. The number of hydrogen-bond donors (Lipinski definition) is 1. The summed E-state index contributed by atoms with van der Waals surface area (Å²) < 4.78 is 0. The van der Waals surface area contributed by atoms with E-state index in [0.717, 1.165) is 6.42 Å². The van der Waals surface area contributed by atoms with E-state index >= 15 is 0 Å². The van der Waals surface area contributed by atoms with E-state index in [2.05, 4.69) is 0 Å². The zero-order valence-electron chi connectivity index (χ0n) is 11.4. The summed E-state index contributed by atoms with van der Waals surface area (Å²) in [5, 5.41) is 0. The molecule has 0 fully saturated rings. The number of nitrogens with two attached hydrogens (primary N) is 1. The summed E-state index contributed by atoms with van der Waals surface area (Å²) in [4.78, 5) is 23.4. The number of carbonyl (C=O) groups is 2. The van der Waals surface area contributed by atoms with E-state index in [9.17, 15) is 9.59 Å². The molecule has 0 saturated carbocycles. The van der Waals surface area contributed by atoms with Gasteiger partial charge in [0.2, 0.25) is 5.91 Å². The van der Waals surface area contributed by atoms with Gasteiger partial charge in [-0.05, 0) is 12.8 Å².